The van der Waals surface area contributed by atoms with E-state index in [1.807, 2.05) is 0 Å². The molecule has 1 aromatic rings. The predicted octanol–water partition coefficient (Wildman–Crippen LogP) is 1.60. The molecule has 0 aromatic heterocycles. The van der Waals surface area contributed by atoms with Crippen LogP contribution in [0.4, 0.5) is 4.39 Å². The number of ether oxygens (including phenoxy) is 1. The van der Waals surface area contributed by atoms with Gasteiger partial charge >= 0.3 is 5.97 Å². The molecule has 1 amide bonds. The molecule has 0 spiro atoms. The van der Waals surface area contributed by atoms with Gasteiger partial charge in [-0.1, -0.05) is 18.6 Å². The quantitative estimate of drug-likeness (QED) is 0.818. The molecule has 132 valence electrons. The molecule has 7 heteroatoms. The van der Waals surface area contributed by atoms with Crippen molar-refractivity contribution in [3.63, 3.8) is 0 Å². The van der Waals surface area contributed by atoms with Gasteiger partial charge in [0.2, 0.25) is 5.91 Å². The van der Waals surface area contributed by atoms with Gasteiger partial charge in [0.05, 0.1) is 13.1 Å². The number of carbonyl (C=O) groups excluding carboxylic acids is 1. The molecule has 1 aromatic carbocycles. The molecule has 6 nitrogen and oxygen atoms in total. The first-order valence-corrected chi connectivity index (χ1v) is 8.07. The number of likely N-dealkylation sites (tertiary alicyclic amines) is 1. The Balaban J connectivity index is 1.79. The Morgan fingerprint density at radius 3 is 2.83 bits per heavy atom. The van der Waals surface area contributed by atoms with E-state index in [2.05, 4.69) is 0 Å². The van der Waals surface area contributed by atoms with Crippen LogP contribution in [0.3, 0.4) is 0 Å². The molecular formula is C17H23FN2O4. The number of carboxylic acids is 1. The molecule has 1 unspecified atom stereocenters. The molecular weight excluding hydrogens is 315 g/mol. The number of benzene rings is 1. The van der Waals surface area contributed by atoms with Crippen molar-refractivity contribution < 1.29 is 23.8 Å². The van der Waals surface area contributed by atoms with E-state index in [4.69, 9.17) is 4.74 Å². The summed E-state index contributed by atoms with van der Waals surface area (Å²) in [6, 6.07) is 5.51. The van der Waals surface area contributed by atoms with Crippen LogP contribution in [0.1, 0.15) is 19.3 Å². The Morgan fingerprint density at radius 2 is 2.12 bits per heavy atom. The van der Waals surface area contributed by atoms with Crippen LogP contribution >= 0.6 is 0 Å². The van der Waals surface area contributed by atoms with Crippen molar-refractivity contribution in [1.82, 2.24) is 9.80 Å². The Kier molecular flexibility index (Phi) is 6.54. The molecule has 0 saturated carbocycles. The van der Waals surface area contributed by atoms with Gasteiger partial charge in [-0.15, -0.1) is 0 Å². The first kappa shape index (κ1) is 18.2. The monoisotopic (exact) mass is 338 g/mol. The fourth-order valence-electron chi connectivity index (χ4n) is 2.73. The van der Waals surface area contributed by atoms with Crippen molar-refractivity contribution in [2.24, 2.45) is 0 Å². The highest BCUT2D eigenvalue weighted by Gasteiger charge is 2.30. The Labute approximate surface area is 140 Å². The summed E-state index contributed by atoms with van der Waals surface area (Å²) in [7, 11) is 1.63. The summed E-state index contributed by atoms with van der Waals surface area (Å²) in [5.41, 5.74) is 0. The minimum Gasteiger partial charge on any atom is -0.489 e. The highest BCUT2D eigenvalue weighted by Crippen LogP contribution is 2.17. The number of rotatable bonds is 7. The average Bonchev–Trinajstić information content (AvgIpc) is 2.56. The molecule has 24 heavy (non-hydrogen) atoms. The predicted molar refractivity (Wildman–Crippen MR) is 86.4 cm³/mol. The Hall–Kier alpha value is -2.15. The van der Waals surface area contributed by atoms with Crippen LogP contribution in [0.5, 0.6) is 5.75 Å². The maximum absolute atomic E-state index is 13.4. The third-order valence-electron chi connectivity index (χ3n) is 4.18. The molecule has 1 heterocycles. The molecule has 0 bridgehead atoms. The standard InChI is InChI=1S/C17H23FN2O4/c1-19(10-11-24-15-8-3-2-6-13(15)18)16(21)12-20-9-5-4-7-14(20)17(22)23/h2-3,6,8,14H,4-5,7,9-12H2,1H3,(H,22,23). The second-order valence-corrected chi connectivity index (χ2v) is 5.91. The molecule has 1 aliphatic heterocycles. The minimum atomic E-state index is -0.881. The van der Waals surface area contributed by atoms with Crippen molar-refractivity contribution in [2.45, 2.75) is 25.3 Å². The molecule has 0 radical (unpaired) electrons. The number of halogens is 1. The van der Waals surface area contributed by atoms with Crippen LogP contribution in [0.15, 0.2) is 24.3 Å². The van der Waals surface area contributed by atoms with Crippen molar-refractivity contribution in [1.29, 1.82) is 0 Å². The fraction of sp³-hybridized carbons (Fsp3) is 0.529. The number of nitrogens with zero attached hydrogens (tertiary/aromatic N) is 2. The van der Waals surface area contributed by atoms with Crippen LogP contribution in [0, 0.1) is 5.82 Å². The van der Waals surface area contributed by atoms with Gasteiger partial charge < -0.3 is 14.7 Å². The minimum absolute atomic E-state index is 0.0766. The lowest BCUT2D eigenvalue weighted by atomic mass is 10.0. The summed E-state index contributed by atoms with van der Waals surface area (Å²) in [5.74, 6) is -1.34. The van der Waals surface area contributed by atoms with Crippen LogP contribution < -0.4 is 4.74 Å². The maximum atomic E-state index is 13.4. The lowest BCUT2D eigenvalue weighted by Gasteiger charge is -2.33. The van der Waals surface area contributed by atoms with Crippen LogP contribution in [0.25, 0.3) is 0 Å². The molecule has 1 aliphatic rings. The number of amides is 1. The van der Waals surface area contributed by atoms with Gasteiger partial charge in [0.25, 0.3) is 0 Å². The average molecular weight is 338 g/mol. The summed E-state index contributed by atoms with van der Waals surface area (Å²) in [5, 5.41) is 9.23. The first-order valence-electron chi connectivity index (χ1n) is 8.07. The molecule has 0 aliphatic carbocycles. The van der Waals surface area contributed by atoms with E-state index in [0.717, 1.165) is 12.8 Å². The number of piperidine rings is 1. The van der Waals surface area contributed by atoms with Gasteiger partial charge in [-0.3, -0.25) is 14.5 Å². The van der Waals surface area contributed by atoms with Gasteiger partial charge in [0.1, 0.15) is 12.6 Å². The molecule has 2 rings (SSSR count). The summed E-state index contributed by atoms with van der Waals surface area (Å²) in [6.45, 7) is 1.17. The number of carboxylic acid groups (broad SMARTS) is 1. The normalized spacial score (nSPS) is 18.2. The molecule has 1 atom stereocenters. The molecule has 1 saturated heterocycles. The second-order valence-electron chi connectivity index (χ2n) is 5.91. The largest absolute Gasteiger partial charge is 0.489 e. The number of hydrogen-bond donors (Lipinski definition) is 1. The second kappa shape index (κ2) is 8.63. The number of aliphatic carboxylic acids is 1. The lowest BCUT2D eigenvalue weighted by Crippen LogP contribution is -2.49. The SMILES string of the molecule is CN(CCOc1ccccc1F)C(=O)CN1CCCCC1C(=O)O. The number of carbonyl (C=O) groups is 2. The summed E-state index contributed by atoms with van der Waals surface area (Å²) >= 11 is 0. The number of likely N-dealkylation sites (N-methyl/N-ethyl adjacent to an activating group) is 1. The Morgan fingerprint density at radius 1 is 1.38 bits per heavy atom. The Bertz CT molecular complexity index is 581. The summed E-state index contributed by atoms with van der Waals surface area (Å²) < 4.78 is 18.8. The van der Waals surface area contributed by atoms with Crippen molar-refractivity contribution in [3.05, 3.63) is 30.1 Å². The fourth-order valence-corrected chi connectivity index (χ4v) is 2.73. The summed E-state index contributed by atoms with van der Waals surface area (Å²) in [6.07, 6.45) is 2.34. The van der Waals surface area contributed by atoms with E-state index in [0.29, 0.717) is 19.5 Å². The van der Waals surface area contributed by atoms with Crippen molar-refractivity contribution in [2.75, 3.05) is 33.3 Å². The first-order chi connectivity index (χ1) is 11.5. The zero-order chi connectivity index (χ0) is 17.5. The van der Waals surface area contributed by atoms with Crippen molar-refractivity contribution in [3.8, 4) is 5.75 Å². The van der Waals surface area contributed by atoms with Gasteiger partial charge in [-0.2, -0.15) is 0 Å². The zero-order valence-corrected chi connectivity index (χ0v) is 13.8. The summed E-state index contributed by atoms with van der Waals surface area (Å²) in [4.78, 5) is 26.7. The smallest absolute Gasteiger partial charge is 0.320 e. The highest BCUT2D eigenvalue weighted by atomic mass is 19.1. The van der Waals surface area contributed by atoms with E-state index in [9.17, 15) is 19.1 Å². The zero-order valence-electron chi connectivity index (χ0n) is 13.8. The van der Waals surface area contributed by atoms with E-state index < -0.39 is 17.8 Å². The van der Waals surface area contributed by atoms with Gasteiger partial charge in [-0.25, -0.2) is 4.39 Å². The van der Waals surface area contributed by atoms with Gasteiger partial charge in [0, 0.05) is 7.05 Å². The van der Waals surface area contributed by atoms with E-state index in [1.165, 1.54) is 17.0 Å². The van der Waals surface area contributed by atoms with Crippen molar-refractivity contribution >= 4 is 11.9 Å². The third-order valence-corrected chi connectivity index (χ3v) is 4.18. The van der Waals surface area contributed by atoms with Gasteiger partial charge in [0.15, 0.2) is 11.6 Å². The van der Waals surface area contributed by atoms with Crippen LogP contribution in [0.2, 0.25) is 0 Å². The van der Waals surface area contributed by atoms with E-state index >= 15 is 0 Å². The lowest BCUT2D eigenvalue weighted by molar-refractivity contribution is -0.146. The van der Waals surface area contributed by atoms with Crippen LogP contribution in [-0.2, 0) is 9.59 Å². The number of para-hydroxylation sites is 1. The molecule has 1 N–H and O–H groups in total. The maximum Gasteiger partial charge on any atom is 0.320 e. The van der Waals surface area contributed by atoms with Crippen LogP contribution in [-0.4, -0.2) is 66.1 Å². The third kappa shape index (κ3) is 4.92. The van der Waals surface area contributed by atoms with E-state index in [1.54, 1.807) is 24.1 Å². The molecule has 1 fully saturated rings. The highest BCUT2D eigenvalue weighted by molar-refractivity contribution is 5.80. The van der Waals surface area contributed by atoms with E-state index in [-0.39, 0.29) is 24.8 Å². The number of hydrogen-bond acceptors (Lipinski definition) is 4. The van der Waals surface area contributed by atoms with Gasteiger partial charge in [-0.05, 0) is 31.5 Å². The topological polar surface area (TPSA) is 70.1 Å².